The molecule has 0 fully saturated rings. The summed E-state index contributed by atoms with van der Waals surface area (Å²) in [5.74, 6) is 0.757. The highest BCUT2D eigenvalue weighted by atomic mass is 16.5. The molecule has 5 heteroatoms. The van der Waals surface area contributed by atoms with Crippen LogP contribution in [0.2, 0.25) is 0 Å². The van der Waals surface area contributed by atoms with Crippen molar-refractivity contribution < 1.29 is 14.6 Å². The van der Waals surface area contributed by atoms with Crippen molar-refractivity contribution in [3.8, 4) is 5.75 Å². The van der Waals surface area contributed by atoms with Crippen LogP contribution >= 0.6 is 0 Å². The summed E-state index contributed by atoms with van der Waals surface area (Å²) in [6.45, 7) is 6.41. The van der Waals surface area contributed by atoms with E-state index < -0.39 is 6.10 Å². The van der Waals surface area contributed by atoms with Gasteiger partial charge in [0, 0.05) is 13.1 Å². The molecular formula is C15H24N2O3. The minimum atomic E-state index is -0.579. The number of carbonyl (C=O) groups is 1. The van der Waals surface area contributed by atoms with Crippen LogP contribution in [0.5, 0.6) is 5.75 Å². The quantitative estimate of drug-likeness (QED) is 0.771. The van der Waals surface area contributed by atoms with Gasteiger partial charge in [-0.15, -0.1) is 0 Å². The number of methoxy groups -OCH3 is 1. The summed E-state index contributed by atoms with van der Waals surface area (Å²) >= 11 is 0. The van der Waals surface area contributed by atoms with Gasteiger partial charge in [-0.1, -0.05) is 32.9 Å². The van der Waals surface area contributed by atoms with E-state index in [1.54, 1.807) is 7.11 Å². The van der Waals surface area contributed by atoms with Gasteiger partial charge in [-0.25, -0.2) is 4.79 Å². The van der Waals surface area contributed by atoms with Crippen LogP contribution in [-0.2, 0) is 6.54 Å². The van der Waals surface area contributed by atoms with E-state index in [0.717, 1.165) is 11.3 Å². The molecule has 0 bridgehead atoms. The predicted octanol–water partition coefficient (Wildman–Crippen LogP) is 1.90. The van der Waals surface area contributed by atoms with E-state index in [2.05, 4.69) is 10.6 Å². The largest absolute Gasteiger partial charge is 0.497 e. The van der Waals surface area contributed by atoms with Gasteiger partial charge < -0.3 is 20.5 Å². The van der Waals surface area contributed by atoms with Crippen molar-refractivity contribution in [2.75, 3.05) is 13.7 Å². The number of aliphatic hydroxyl groups excluding tert-OH is 1. The maximum Gasteiger partial charge on any atom is 0.315 e. The number of hydrogen-bond donors (Lipinski definition) is 3. The number of rotatable bonds is 5. The zero-order valence-corrected chi connectivity index (χ0v) is 12.6. The first-order chi connectivity index (χ1) is 9.32. The van der Waals surface area contributed by atoms with Gasteiger partial charge in [0.25, 0.3) is 0 Å². The third kappa shape index (κ3) is 5.48. The molecule has 2 amide bonds. The van der Waals surface area contributed by atoms with Crippen molar-refractivity contribution in [1.29, 1.82) is 0 Å². The number of urea groups is 1. The summed E-state index contributed by atoms with van der Waals surface area (Å²) in [5.41, 5.74) is 0.705. The molecule has 1 atom stereocenters. The van der Waals surface area contributed by atoms with Crippen molar-refractivity contribution in [1.82, 2.24) is 10.6 Å². The van der Waals surface area contributed by atoms with Gasteiger partial charge in [0.05, 0.1) is 13.2 Å². The lowest BCUT2D eigenvalue weighted by Crippen LogP contribution is -2.43. The first-order valence-electron chi connectivity index (χ1n) is 6.65. The van der Waals surface area contributed by atoms with Crippen molar-refractivity contribution in [2.24, 2.45) is 5.41 Å². The number of amides is 2. The second-order valence-electron chi connectivity index (χ2n) is 5.80. The molecule has 0 heterocycles. The topological polar surface area (TPSA) is 70.6 Å². The summed E-state index contributed by atoms with van der Waals surface area (Å²) in [6, 6.07) is 7.20. The van der Waals surface area contributed by atoms with Crippen LogP contribution < -0.4 is 15.4 Å². The Morgan fingerprint density at radius 1 is 1.35 bits per heavy atom. The van der Waals surface area contributed by atoms with Gasteiger partial charge >= 0.3 is 6.03 Å². The van der Waals surface area contributed by atoms with Crippen LogP contribution in [0.15, 0.2) is 24.3 Å². The van der Waals surface area contributed by atoms with Gasteiger partial charge in [-0.3, -0.25) is 0 Å². The van der Waals surface area contributed by atoms with Crippen molar-refractivity contribution >= 4 is 6.03 Å². The Kier molecular flexibility index (Phi) is 5.82. The van der Waals surface area contributed by atoms with E-state index in [1.165, 1.54) is 0 Å². The smallest absolute Gasteiger partial charge is 0.315 e. The average molecular weight is 280 g/mol. The van der Waals surface area contributed by atoms with Crippen LogP contribution in [-0.4, -0.2) is 30.9 Å². The molecule has 0 spiro atoms. The molecule has 0 saturated carbocycles. The van der Waals surface area contributed by atoms with Crippen molar-refractivity contribution in [3.63, 3.8) is 0 Å². The first kappa shape index (κ1) is 16.3. The Balaban J connectivity index is 2.36. The first-order valence-corrected chi connectivity index (χ1v) is 6.65. The summed E-state index contributed by atoms with van der Waals surface area (Å²) in [4.78, 5) is 11.6. The van der Waals surface area contributed by atoms with Crippen LogP contribution in [0, 0.1) is 5.41 Å². The average Bonchev–Trinajstić information content (AvgIpc) is 2.41. The second-order valence-corrected chi connectivity index (χ2v) is 5.80. The molecular weight excluding hydrogens is 256 g/mol. The molecule has 1 aromatic rings. The van der Waals surface area contributed by atoms with Gasteiger partial charge in [-0.2, -0.15) is 0 Å². The number of benzene rings is 1. The van der Waals surface area contributed by atoms with E-state index in [0.29, 0.717) is 6.54 Å². The molecule has 0 aliphatic heterocycles. The van der Waals surface area contributed by atoms with Crippen LogP contribution in [0.3, 0.4) is 0 Å². The van der Waals surface area contributed by atoms with Gasteiger partial charge in [0.2, 0.25) is 0 Å². The Morgan fingerprint density at radius 3 is 2.65 bits per heavy atom. The number of hydrogen-bond acceptors (Lipinski definition) is 3. The number of nitrogens with one attached hydrogen (secondary N) is 2. The highest BCUT2D eigenvalue weighted by molar-refractivity contribution is 5.73. The summed E-state index contributed by atoms with van der Waals surface area (Å²) in [6.07, 6.45) is -0.579. The molecule has 1 unspecified atom stereocenters. The predicted molar refractivity (Wildman–Crippen MR) is 78.7 cm³/mol. The highest BCUT2D eigenvalue weighted by Crippen LogP contribution is 2.18. The minimum Gasteiger partial charge on any atom is -0.497 e. The summed E-state index contributed by atoms with van der Waals surface area (Å²) in [5, 5.41) is 15.2. The molecule has 112 valence electrons. The molecule has 3 N–H and O–H groups in total. The SMILES string of the molecule is COc1cccc(CNC(=O)NCC(O)C(C)(C)C)c1. The highest BCUT2D eigenvalue weighted by Gasteiger charge is 2.22. The second kappa shape index (κ2) is 7.14. The van der Waals surface area contributed by atoms with E-state index in [1.807, 2.05) is 45.0 Å². The van der Waals surface area contributed by atoms with E-state index in [4.69, 9.17) is 4.74 Å². The lowest BCUT2D eigenvalue weighted by Gasteiger charge is -2.25. The van der Waals surface area contributed by atoms with Crippen LogP contribution in [0.25, 0.3) is 0 Å². The zero-order valence-electron chi connectivity index (χ0n) is 12.6. The normalized spacial score (nSPS) is 12.7. The van der Waals surface area contributed by atoms with Crippen LogP contribution in [0.1, 0.15) is 26.3 Å². The molecule has 1 rings (SSSR count). The lowest BCUT2D eigenvalue weighted by molar-refractivity contribution is 0.0650. The van der Waals surface area contributed by atoms with Crippen molar-refractivity contribution in [3.05, 3.63) is 29.8 Å². The molecule has 0 saturated heterocycles. The fraction of sp³-hybridized carbons (Fsp3) is 0.533. The third-order valence-corrected chi connectivity index (χ3v) is 3.04. The standard InChI is InChI=1S/C15H24N2O3/c1-15(2,3)13(18)10-17-14(19)16-9-11-6-5-7-12(8-11)20-4/h5-8,13,18H,9-10H2,1-4H3,(H2,16,17,19). The van der Waals surface area contributed by atoms with E-state index in [-0.39, 0.29) is 18.0 Å². The van der Waals surface area contributed by atoms with Gasteiger partial charge in [-0.05, 0) is 23.1 Å². The Labute approximate surface area is 120 Å². The molecule has 5 nitrogen and oxygen atoms in total. The molecule has 0 aliphatic carbocycles. The number of aliphatic hydroxyl groups is 1. The molecule has 0 radical (unpaired) electrons. The summed E-state index contributed by atoms with van der Waals surface area (Å²) < 4.78 is 5.12. The summed E-state index contributed by atoms with van der Waals surface area (Å²) in [7, 11) is 1.60. The number of carbonyl (C=O) groups excluding carboxylic acids is 1. The molecule has 0 aliphatic rings. The maximum atomic E-state index is 11.6. The molecule has 20 heavy (non-hydrogen) atoms. The van der Waals surface area contributed by atoms with Crippen molar-refractivity contribution in [2.45, 2.75) is 33.4 Å². The zero-order chi connectivity index (χ0) is 15.2. The van der Waals surface area contributed by atoms with Gasteiger partial charge in [0.15, 0.2) is 0 Å². The monoisotopic (exact) mass is 280 g/mol. The fourth-order valence-corrected chi connectivity index (χ4v) is 1.52. The fourth-order valence-electron chi connectivity index (χ4n) is 1.52. The van der Waals surface area contributed by atoms with Gasteiger partial charge in [0.1, 0.15) is 5.75 Å². The molecule has 0 aromatic heterocycles. The Hall–Kier alpha value is -1.75. The number of ether oxygens (including phenoxy) is 1. The Bertz CT molecular complexity index is 441. The van der Waals surface area contributed by atoms with Crippen LogP contribution in [0.4, 0.5) is 4.79 Å². The van der Waals surface area contributed by atoms with E-state index in [9.17, 15) is 9.90 Å². The van der Waals surface area contributed by atoms with E-state index >= 15 is 0 Å². The maximum absolute atomic E-state index is 11.6. The Morgan fingerprint density at radius 2 is 2.05 bits per heavy atom. The lowest BCUT2D eigenvalue weighted by atomic mass is 9.89. The molecule has 1 aromatic carbocycles. The third-order valence-electron chi connectivity index (χ3n) is 3.04. The minimum absolute atomic E-state index is 0.230.